The Morgan fingerprint density at radius 2 is 1.63 bits per heavy atom. The van der Waals surface area contributed by atoms with Gasteiger partial charge >= 0.3 is 5.97 Å². The van der Waals surface area contributed by atoms with Crippen LogP contribution < -0.4 is 5.32 Å². The van der Waals surface area contributed by atoms with E-state index >= 15 is 0 Å². The van der Waals surface area contributed by atoms with Crippen LogP contribution in [0.15, 0.2) is 84.6 Å². The number of rotatable bonds is 10. The second-order valence-corrected chi connectivity index (χ2v) is 7.03. The molecule has 4 nitrogen and oxygen atoms in total. The molecule has 0 heterocycles. The van der Waals surface area contributed by atoms with Gasteiger partial charge in [-0.2, -0.15) is 0 Å². The highest BCUT2D eigenvalue weighted by Crippen LogP contribution is 2.21. The first kappa shape index (κ1) is 21.3. The van der Waals surface area contributed by atoms with Crippen molar-refractivity contribution in [3.63, 3.8) is 0 Å². The number of hydrogen-bond donors (Lipinski definition) is 1. The van der Waals surface area contributed by atoms with Gasteiger partial charge in [0.1, 0.15) is 5.57 Å². The fourth-order valence-electron chi connectivity index (χ4n) is 3.37. The summed E-state index contributed by atoms with van der Waals surface area (Å²) >= 11 is 0. The van der Waals surface area contributed by atoms with E-state index in [1.54, 1.807) is 13.0 Å². The van der Waals surface area contributed by atoms with Gasteiger partial charge in [-0.25, -0.2) is 4.79 Å². The molecule has 0 aliphatic heterocycles. The molecule has 30 heavy (non-hydrogen) atoms. The van der Waals surface area contributed by atoms with Crippen LogP contribution in [0.3, 0.4) is 0 Å². The molecule has 0 aliphatic rings. The van der Waals surface area contributed by atoms with Gasteiger partial charge in [-0.3, -0.25) is 4.79 Å². The maximum absolute atomic E-state index is 13.2. The highest BCUT2D eigenvalue weighted by atomic mass is 16.5. The van der Waals surface area contributed by atoms with E-state index in [1.165, 1.54) is 11.8 Å². The minimum atomic E-state index is -0.604. The summed E-state index contributed by atoms with van der Waals surface area (Å²) in [5.74, 6) is -0.936. The summed E-state index contributed by atoms with van der Waals surface area (Å²) in [6.45, 7) is 2.63. The molecule has 0 saturated carbocycles. The lowest BCUT2D eigenvalue weighted by Crippen LogP contribution is -2.20. The van der Waals surface area contributed by atoms with Gasteiger partial charge in [0.25, 0.3) is 0 Å². The van der Waals surface area contributed by atoms with E-state index in [-0.39, 0.29) is 18.0 Å². The van der Waals surface area contributed by atoms with Crippen molar-refractivity contribution >= 4 is 22.5 Å². The minimum Gasteiger partial charge on any atom is -0.462 e. The van der Waals surface area contributed by atoms with Crippen molar-refractivity contribution in [1.29, 1.82) is 0 Å². The molecule has 4 heteroatoms. The molecular formula is C26H27NO3. The molecule has 1 N–H and O–H groups in total. The number of aryl methyl sites for hydroxylation is 1. The summed E-state index contributed by atoms with van der Waals surface area (Å²) in [6, 6.07) is 23.5. The average Bonchev–Trinajstić information content (AvgIpc) is 2.78. The van der Waals surface area contributed by atoms with Crippen molar-refractivity contribution in [2.75, 3.05) is 13.2 Å². The lowest BCUT2D eigenvalue weighted by atomic mass is 9.97. The molecule has 0 spiro atoms. The molecule has 0 saturated heterocycles. The number of carbonyl (C=O) groups is 2. The zero-order valence-electron chi connectivity index (χ0n) is 17.3. The molecule has 0 amide bonds. The zero-order chi connectivity index (χ0) is 21.2. The van der Waals surface area contributed by atoms with Crippen LogP contribution >= 0.6 is 0 Å². The van der Waals surface area contributed by atoms with Crippen molar-refractivity contribution < 1.29 is 14.3 Å². The number of ketones is 1. The van der Waals surface area contributed by atoms with Crippen molar-refractivity contribution in [2.24, 2.45) is 0 Å². The first-order valence-electron chi connectivity index (χ1n) is 10.4. The Morgan fingerprint density at radius 1 is 0.900 bits per heavy atom. The predicted octanol–water partition coefficient (Wildman–Crippen LogP) is 5.08. The predicted molar refractivity (Wildman–Crippen MR) is 120 cm³/mol. The highest BCUT2D eigenvalue weighted by molar-refractivity contribution is 6.27. The number of carbonyl (C=O) groups excluding carboxylic acids is 2. The van der Waals surface area contributed by atoms with E-state index in [4.69, 9.17) is 4.74 Å². The molecule has 0 unspecified atom stereocenters. The quantitative estimate of drug-likeness (QED) is 0.129. The van der Waals surface area contributed by atoms with Crippen LogP contribution in [0.25, 0.3) is 10.8 Å². The van der Waals surface area contributed by atoms with E-state index in [0.717, 1.165) is 30.0 Å². The zero-order valence-corrected chi connectivity index (χ0v) is 17.3. The van der Waals surface area contributed by atoms with Crippen LogP contribution in [0.2, 0.25) is 0 Å². The van der Waals surface area contributed by atoms with Crippen LogP contribution in [0, 0.1) is 0 Å². The summed E-state index contributed by atoms with van der Waals surface area (Å²) in [5, 5.41) is 4.91. The fraction of sp³-hybridized carbons (Fsp3) is 0.231. The number of unbranched alkanes of at least 4 members (excludes halogenated alkanes) is 1. The van der Waals surface area contributed by atoms with E-state index < -0.39 is 5.97 Å². The van der Waals surface area contributed by atoms with E-state index in [9.17, 15) is 9.59 Å². The highest BCUT2D eigenvalue weighted by Gasteiger charge is 2.22. The van der Waals surface area contributed by atoms with Gasteiger partial charge in [-0.15, -0.1) is 0 Å². The van der Waals surface area contributed by atoms with Crippen molar-refractivity contribution in [3.05, 3.63) is 95.7 Å². The summed E-state index contributed by atoms with van der Waals surface area (Å²) in [4.78, 5) is 25.6. The Labute approximate surface area is 177 Å². The lowest BCUT2D eigenvalue weighted by molar-refractivity contribution is -0.138. The molecule has 0 aromatic heterocycles. The lowest BCUT2D eigenvalue weighted by Gasteiger charge is -2.10. The van der Waals surface area contributed by atoms with E-state index in [2.05, 4.69) is 17.4 Å². The minimum absolute atomic E-state index is 0.0243. The number of esters is 1. The second kappa shape index (κ2) is 11.0. The Bertz CT molecular complexity index is 1020. The average molecular weight is 402 g/mol. The van der Waals surface area contributed by atoms with Crippen molar-refractivity contribution in [2.45, 2.75) is 26.2 Å². The number of nitrogens with one attached hydrogen (secondary N) is 1. The maximum Gasteiger partial charge on any atom is 0.343 e. The first-order valence-corrected chi connectivity index (χ1v) is 10.4. The van der Waals surface area contributed by atoms with Crippen LogP contribution in [0.4, 0.5) is 0 Å². The third-order valence-electron chi connectivity index (χ3n) is 4.90. The summed E-state index contributed by atoms with van der Waals surface area (Å²) in [7, 11) is 0. The van der Waals surface area contributed by atoms with Gasteiger partial charge in [0.05, 0.1) is 6.61 Å². The fourth-order valence-corrected chi connectivity index (χ4v) is 3.37. The van der Waals surface area contributed by atoms with E-state index in [1.807, 2.05) is 54.6 Å². The van der Waals surface area contributed by atoms with Crippen LogP contribution in [0.1, 0.15) is 35.7 Å². The van der Waals surface area contributed by atoms with Crippen LogP contribution in [-0.2, 0) is 16.0 Å². The molecular weight excluding hydrogens is 374 g/mol. The molecule has 154 valence electrons. The number of fused-ring (bicyclic) bond motifs is 1. The largest absolute Gasteiger partial charge is 0.462 e. The Balaban J connectivity index is 1.67. The van der Waals surface area contributed by atoms with Gasteiger partial charge in [0, 0.05) is 18.3 Å². The summed E-state index contributed by atoms with van der Waals surface area (Å²) in [5.41, 5.74) is 1.83. The van der Waals surface area contributed by atoms with Gasteiger partial charge in [-0.1, -0.05) is 72.8 Å². The summed E-state index contributed by atoms with van der Waals surface area (Å²) in [6.07, 6.45) is 4.47. The maximum atomic E-state index is 13.2. The third-order valence-corrected chi connectivity index (χ3v) is 4.90. The van der Waals surface area contributed by atoms with Gasteiger partial charge in [0.2, 0.25) is 5.78 Å². The standard InChI is InChI=1S/C26H27NO3/c1-2-30-26(29)24(19-27-18-9-8-13-20-11-4-3-5-12-20)25(28)23-17-10-15-21-14-6-7-16-22(21)23/h3-7,10-12,14-17,19,27H,2,8-9,13,18H2,1H3. The molecule has 0 bridgehead atoms. The second-order valence-electron chi connectivity index (χ2n) is 7.03. The molecule has 0 fully saturated rings. The van der Waals surface area contributed by atoms with Gasteiger partial charge in [-0.05, 0) is 42.5 Å². The van der Waals surface area contributed by atoms with Crippen LogP contribution in [-0.4, -0.2) is 24.9 Å². The normalized spacial score (nSPS) is 11.3. The van der Waals surface area contributed by atoms with Gasteiger partial charge < -0.3 is 10.1 Å². The molecule has 0 radical (unpaired) electrons. The smallest absolute Gasteiger partial charge is 0.343 e. The molecule has 3 aromatic carbocycles. The van der Waals surface area contributed by atoms with Crippen molar-refractivity contribution in [3.8, 4) is 0 Å². The Kier molecular flexibility index (Phi) is 7.78. The molecule has 0 aliphatic carbocycles. The first-order chi connectivity index (χ1) is 14.7. The molecule has 3 rings (SSSR count). The van der Waals surface area contributed by atoms with E-state index in [0.29, 0.717) is 12.1 Å². The topological polar surface area (TPSA) is 55.4 Å². The monoisotopic (exact) mass is 401 g/mol. The SMILES string of the molecule is CCOC(=O)C(=CNCCCCc1ccccc1)C(=O)c1cccc2ccccc12. The number of benzene rings is 3. The third kappa shape index (κ3) is 5.57. The molecule has 0 atom stereocenters. The number of ether oxygens (including phenoxy) is 1. The summed E-state index contributed by atoms with van der Waals surface area (Å²) < 4.78 is 5.13. The number of hydrogen-bond acceptors (Lipinski definition) is 4. The Hall–Kier alpha value is -3.40. The number of Topliss-reactive ketones (excluding diaryl/α,β-unsaturated/α-hetero) is 1. The van der Waals surface area contributed by atoms with Crippen molar-refractivity contribution in [1.82, 2.24) is 5.32 Å². The van der Waals surface area contributed by atoms with Crippen LogP contribution in [0.5, 0.6) is 0 Å². The Morgan fingerprint density at radius 3 is 2.43 bits per heavy atom. The van der Waals surface area contributed by atoms with Gasteiger partial charge in [0.15, 0.2) is 0 Å². The molecule has 3 aromatic rings.